The van der Waals surface area contributed by atoms with Crippen molar-refractivity contribution in [2.45, 2.75) is 40.2 Å². The Kier molecular flexibility index (Phi) is 7.71. The van der Waals surface area contributed by atoms with Crippen molar-refractivity contribution in [3.63, 3.8) is 0 Å². The normalized spacial score (nSPS) is 10.8. The maximum Gasteiger partial charge on any atom is 0.330 e. The van der Waals surface area contributed by atoms with Crippen LogP contribution in [-0.2, 0) is 11.3 Å². The largest absolute Gasteiger partial charge is 0.383 e. The number of nitrogen functional groups attached to an aromatic ring is 1. The number of aromatic amines is 1. The second-order valence-corrected chi connectivity index (χ2v) is 8.06. The highest BCUT2D eigenvalue weighted by Crippen LogP contribution is 2.21. The Bertz CT molecular complexity index is 1230. The van der Waals surface area contributed by atoms with E-state index >= 15 is 0 Å². The number of carbonyl (C=O) groups excluding carboxylic acids is 1. The minimum atomic E-state index is -0.669. The number of nitrogens with one attached hydrogen (secondary N) is 2. The van der Waals surface area contributed by atoms with Gasteiger partial charge in [-0.05, 0) is 43.0 Å². The molecule has 0 saturated carbocycles. The lowest BCUT2D eigenvalue weighted by molar-refractivity contribution is -0.117. The molecule has 1 heterocycles. The van der Waals surface area contributed by atoms with Crippen LogP contribution in [0.2, 0.25) is 0 Å². The van der Waals surface area contributed by atoms with Crippen LogP contribution in [0.1, 0.15) is 36.5 Å². The van der Waals surface area contributed by atoms with E-state index in [1.165, 1.54) is 9.47 Å². The van der Waals surface area contributed by atoms with E-state index in [4.69, 9.17) is 5.73 Å². The number of anilines is 3. The van der Waals surface area contributed by atoms with E-state index in [0.717, 1.165) is 28.8 Å². The fraction of sp³-hybridized carbons (Fsp3) is 0.320. The van der Waals surface area contributed by atoms with E-state index < -0.39 is 11.2 Å². The summed E-state index contributed by atoms with van der Waals surface area (Å²) in [6, 6.07) is 15.2. The monoisotopic (exact) mass is 449 g/mol. The van der Waals surface area contributed by atoms with Gasteiger partial charge in [-0.15, -0.1) is 0 Å². The van der Waals surface area contributed by atoms with E-state index in [2.05, 4.69) is 10.3 Å². The molecule has 8 heteroatoms. The number of aromatic nitrogens is 2. The molecule has 174 valence electrons. The molecule has 8 nitrogen and oxygen atoms in total. The van der Waals surface area contributed by atoms with E-state index in [0.29, 0.717) is 13.0 Å². The first-order valence-corrected chi connectivity index (χ1v) is 11.1. The van der Waals surface area contributed by atoms with E-state index in [1.54, 1.807) is 0 Å². The molecule has 3 rings (SSSR count). The fourth-order valence-corrected chi connectivity index (χ4v) is 3.65. The molecule has 0 saturated heterocycles. The van der Waals surface area contributed by atoms with Gasteiger partial charge in [-0.3, -0.25) is 19.1 Å². The highest BCUT2D eigenvalue weighted by atomic mass is 16.2. The minimum absolute atomic E-state index is 0.00625. The summed E-state index contributed by atoms with van der Waals surface area (Å²) in [4.78, 5) is 42.3. The molecule has 0 atom stereocenters. The predicted octanol–water partition coefficient (Wildman–Crippen LogP) is 3.03. The third-order valence-corrected chi connectivity index (χ3v) is 5.74. The van der Waals surface area contributed by atoms with Gasteiger partial charge in [-0.1, -0.05) is 55.8 Å². The Balaban J connectivity index is 1.95. The number of amides is 1. The summed E-state index contributed by atoms with van der Waals surface area (Å²) in [5.74, 6) is -0.324. The zero-order valence-electron chi connectivity index (χ0n) is 19.4. The molecule has 3 aromatic rings. The summed E-state index contributed by atoms with van der Waals surface area (Å²) in [7, 11) is 0. The molecule has 1 aromatic heterocycles. The van der Waals surface area contributed by atoms with Crippen LogP contribution < -0.4 is 27.2 Å². The fourth-order valence-electron chi connectivity index (χ4n) is 3.65. The van der Waals surface area contributed by atoms with Gasteiger partial charge < -0.3 is 16.0 Å². The van der Waals surface area contributed by atoms with E-state index in [9.17, 15) is 14.4 Å². The highest BCUT2D eigenvalue weighted by Gasteiger charge is 2.24. The van der Waals surface area contributed by atoms with Crippen molar-refractivity contribution >= 4 is 23.1 Å². The highest BCUT2D eigenvalue weighted by molar-refractivity contribution is 5.98. The molecule has 0 unspecified atom stereocenters. The summed E-state index contributed by atoms with van der Waals surface area (Å²) < 4.78 is 1.29. The van der Waals surface area contributed by atoms with Crippen molar-refractivity contribution in [1.82, 2.24) is 9.55 Å². The van der Waals surface area contributed by atoms with E-state index in [-0.39, 0.29) is 30.5 Å². The molecule has 0 radical (unpaired) electrons. The maximum absolute atomic E-state index is 13.2. The van der Waals surface area contributed by atoms with Crippen LogP contribution in [0, 0.1) is 13.8 Å². The molecule has 33 heavy (non-hydrogen) atoms. The number of nitrogens with two attached hydrogens (primary N) is 1. The first-order chi connectivity index (χ1) is 15.8. The van der Waals surface area contributed by atoms with Crippen molar-refractivity contribution in [2.75, 3.05) is 29.0 Å². The van der Waals surface area contributed by atoms with Crippen LogP contribution in [-0.4, -0.2) is 28.5 Å². The average Bonchev–Trinajstić information content (AvgIpc) is 2.80. The van der Waals surface area contributed by atoms with Crippen LogP contribution in [0.5, 0.6) is 0 Å². The van der Waals surface area contributed by atoms with Gasteiger partial charge in [0.05, 0.1) is 13.1 Å². The van der Waals surface area contributed by atoms with Gasteiger partial charge in [-0.2, -0.15) is 0 Å². The summed E-state index contributed by atoms with van der Waals surface area (Å²) in [5, 5.41) is 3.17. The molecule has 0 aliphatic rings. The maximum atomic E-state index is 13.2. The third kappa shape index (κ3) is 5.52. The topological polar surface area (TPSA) is 113 Å². The van der Waals surface area contributed by atoms with E-state index in [1.807, 2.05) is 69.3 Å². The molecule has 0 aliphatic carbocycles. The minimum Gasteiger partial charge on any atom is -0.383 e. The SMILES string of the molecule is CCCCN(C(=O)CNc1cccc(C)c1C)c1c(N)n(Cc2ccccc2)c(=O)[nH]c1=O. The summed E-state index contributed by atoms with van der Waals surface area (Å²) in [5.41, 5.74) is 8.93. The van der Waals surface area contributed by atoms with Gasteiger partial charge >= 0.3 is 5.69 Å². The number of benzene rings is 2. The van der Waals surface area contributed by atoms with Crippen LogP contribution in [0.25, 0.3) is 0 Å². The van der Waals surface area contributed by atoms with Crippen molar-refractivity contribution in [3.8, 4) is 0 Å². The molecule has 1 amide bonds. The van der Waals surface area contributed by atoms with Gasteiger partial charge in [0.1, 0.15) is 5.82 Å². The summed E-state index contributed by atoms with van der Waals surface area (Å²) in [6.45, 7) is 6.49. The Morgan fingerprint density at radius 3 is 2.52 bits per heavy atom. The number of hydrogen-bond acceptors (Lipinski definition) is 5. The number of carbonyl (C=O) groups is 1. The number of unbranched alkanes of at least 4 members (excludes halogenated alkanes) is 1. The number of hydrogen-bond donors (Lipinski definition) is 3. The molecule has 2 aromatic carbocycles. The van der Waals surface area contributed by atoms with Crippen molar-refractivity contribution < 1.29 is 4.79 Å². The Labute approximate surface area is 193 Å². The predicted molar refractivity (Wildman–Crippen MR) is 133 cm³/mol. The number of aryl methyl sites for hydroxylation is 1. The standard InChI is InChI=1S/C25H31N5O3/c1-4-5-14-29(21(31)15-27-20-13-9-10-17(2)18(20)3)22-23(26)30(25(33)28-24(22)32)16-19-11-7-6-8-12-19/h6-13,27H,4-5,14-16,26H2,1-3H3,(H,28,32,33). The van der Waals surface area contributed by atoms with Gasteiger partial charge in [0, 0.05) is 12.2 Å². The van der Waals surface area contributed by atoms with Crippen molar-refractivity contribution in [1.29, 1.82) is 0 Å². The lowest BCUT2D eigenvalue weighted by Gasteiger charge is -2.25. The van der Waals surface area contributed by atoms with Gasteiger partial charge in [0.2, 0.25) is 5.91 Å². The molecule has 0 spiro atoms. The van der Waals surface area contributed by atoms with Gasteiger partial charge in [-0.25, -0.2) is 4.79 Å². The first kappa shape index (κ1) is 23.8. The molecule has 4 N–H and O–H groups in total. The number of nitrogens with zero attached hydrogens (tertiary/aromatic N) is 2. The van der Waals surface area contributed by atoms with Crippen LogP contribution in [0.4, 0.5) is 17.2 Å². The second kappa shape index (κ2) is 10.7. The van der Waals surface area contributed by atoms with Crippen molar-refractivity contribution in [2.24, 2.45) is 0 Å². The summed E-state index contributed by atoms with van der Waals surface area (Å²) in [6.07, 6.45) is 1.52. The number of rotatable bonds is 9. The summed E-state index contributed by atoms with van der Waals surface area (Å²) >= 11 is 0. The Morgan fingerprint density at radius 1 is 1.09 bits per heavy atom. The van der Waals surface area contributed by atoms with Crippen LogP contribution in [0.15, 0.2) is 58.1 Å². The molecule has 0 aliphatic heterocycles. The quantitative estimate of drug-likeness (QED) is 0.465. The molecule has 0 fully saturated rings. The van der Waals surface area contributed by atoms with Crippen LogP contribution >= 0.6 is 0 Å². The average molecular weight is 450 g/mol. The zero-order chi connectivity index (χ0) is 24.0. The lowest BCUT2D eigenvalue weighted by atomic mass is 10.1. The van der Waals surface area contributed by atoms with Crippen LogP contribution in [0.3, 0.4) is 0 Å². The Morgan fingerprint density at radius 2 is 1.82 bits per heavy atom. The van der Waals surface area contributed by atoms with Gasteiger partial charge in [0.15, 0.2) is 5.69 Å². The number of H-pyrrole nitrogens is 1. The third-order valence-electron chi connectivity index (χ3n) is 5.74. The van der Waals surface area contributed by atoms with Crippen molar-refractivity contribution in [3.05, 3.63) is 86.1 Å². The second-order valence-electron chi connectivity index (χ2n) is 8.06. The zero-order valence-corrected chi connectivity index (χ0v) is 19.4. The molecule has 0 bridgehead atoms. The first-order valence-electron chi connectivity index (χ1n) is 11.1. The smallest absolute Gasteiger partial charge is 0.330 e. The Hall–Kier alpha value is -3.81. The van der Waals surface area contributed by atoms with Gasteiger partial charge in [0.25, 0.3) is 5.56 Å². The lowest BCUT2D eigenvalue weighted by Crippen LogP contribution is -2.43. The molecular formula is C25H31N5O3. The molecular weight excluding hydrogens is 418 g/mol.